The number of rotatable bonds is 9. The van der Waals surface area contributed by atoms with Crippen molar-refractivity contribution in [3.8, 4) is 0 Å². The molecule has 2 nitrogen and oxygen atoms in total. The number of benzene rings is 2. The second kappa shape index (κ2) is 9.80. The molecule has 0 amide bonds. The molecule has 2 unspecified atom stereocenters. The molecule has 0 aliphatic carbocycles. The summed E-state index contributed by atoms with van der Waals surface area (Å²) in [5.41, 5.74) is 1.00. The van der Waals surface area contributed by atoms with Gasteiger partial charge >= 0.3 is 5.25 Å². The molecular weight excluding hydrogens is 430 g/mol. The monoisotopic (exact) mass is 448 g/mol. The van der Waals surface area contributed by atoms with E-state index in [1.807, 2.05) is 42.5 Å². The number of halogens is 3. The first-order chi connectivity index (χ1) is 12.0. The van der Waals surface area contributed by atoms with Gasteiger partial charge in [-0.2, -0.15) is 8.78 Å². The summed E-state index contributed by atoms with van der Waals surface area (Å²) in [7, 11) is -0.152. The fourth-order valence-electron chi connectivity index (χ4n) is 2.54. The lowest BCUT2D eigenvalue weighted by atomic mass is 10.1. The van der Waals surface area contributed by atoms with E-state index in [4.69, 9.17) is 0 Å². The minimum absolute atomic E-state index is 0.123. The molecule has 25 heavy (non-hydrogen) atoms. The first-order valence-corrected chi connectivity index (χ1v) is 11.4. The van der Waals surface area contributed by atoms with Crippen molar-refractivity contribution in [1.29, 1.82) is 0 Å². The first kappa shape index (κ1) is 20.6. The minimum Gasteiger partial charge on any atom is -0.768 e. The Balaban J connectivity index is 2.19. The topological polar surface area (TPSA) is 40.1 Å². The summed E-state index contributed by atoms with van der Waals surface area (Å²) in [6.07, 6.45) is -0.102. The fourth-order valence-corrected chi connectivity index (χ4v) is 5.90. The van der Waals surface area contributed by atoms with Crippen LogP contribution in [-0.2, 0) is 28.4 Å². The Morgan fingerprint density at radius 3 is 2.36 bits per heavy atom. The zero-order valence-electron chi connectivity index (χ0n) is 13.5. The molecule has 0 aliphatic heterocycles. The van der Waals surface area contributed by atoms with Gasteiger partial charge in [0.25, 0.3) is 0 Å². The van der Waals surface area contributed by atoms with Crippen LogP contribution in [0.3, 0.4) is 0 Å². The van der Waals surface area contributed by atoms with Crippen molar-refractivity contribution < 1.29 is 17.5 Å². The molecule has 0 bridgehead atoms. The van der Waals surface area contributed by atoms with Crippen molar-refractivity contribution in [3.05, 3.63) is 60.2 Å². The average Bonchev–Trinajstić information content (AvgIpc) is 2.61. The second-order valence-electron chi connectivity index (χ2n) is 5.43. The molecule has 2 aromatic carbocycles. The number of hydrogen-bond acceptors (Lipinski definition) is 2. The van der Waals surface area contributed by atoms with E-state index in [2.05, 4.69) is 28.1 Å². The molecule has 0 radical (unpaired) electrons. The summed E-state index contributed by atoms with van der Waals surface area (Å²) in [6.45, 7) is 0. The molecular formula is C18H19BrF2O2S2. The Morgan fingerprint density at radius 1 is 1.08 bits per heavy atom. The predicted molar refractivity (Wildman–Crippen MR) is 102 cm³/mol. The maximum absolute atomic E-state index is 13.3. The van der Waals surface area contributed by atoms with Gasteiger partial charge in [-0.15, -0.1) is 0 Å². The number of alkyl halides is 3. The average molecular weight is 449 g/mol. The molecule has 0 spiro atoms. The highest BCUT2D eigenvalue weighted by Gasteiger charge is 2.31. The quantitative estimate of drug-likeness (QED) is 0.310. The Hall–Kier alpha value is -0.760. The van der Waals surface area contributed by atoms with Crippen molar-refractivity contribution in [2.24, 2.45) is 0 Å². The zero-order valence-corrected chi connectivity index (χ0v) is 16.7. The maximum Gasteiger partial charge on any atom is 0.309 e. The van der Waals surface area contributed by atoms with Gasteiger partial charge in [-0.25, -0.2) is 0 Å². The van der Waals surface area contributed by atoms with Crippen LogP contribution in [0.25, 0.3) is 0 Å². The molecule has 2 atom stereocenters. The van der Waals surface area contributed by atoms with Crippen molar-refractivity contribution in [2.45, 2.75) is 34.3 Å². The first-order valence-electron chi connectivity index (χ1n) is 7.82. The van der Waals surface area contributed by atoms with Gasteiger partial charge in [0.15, 0.2) is 9.79 Å². The zero-order chi connectivity index (χ0) is 18.3. The van der Waals surface area contributed by atoms with Crippen LogP contribution < -0.4 is 0 Å². The van der Waals surface area contributed by atoms with Gasteiger partial charge in [0.1, 0.15) is 5.75 Å². The van der Waals surface area contributed by atoms with E-state index in [-0.39, 0.29) is 17.3 Å². The third-order valence-corrected chi connectivity index (χ3v) is 7.70. The number of aryl methyl sites for hydroxylation is 1. The smallest absolute Gasteiger partial charge is 0.309 e. The van der Waals surface area contributed by atoms with Gasteiger partial charge in [0.05, 0.1) is 10.9 Å². The Labute approximate surface area is 160 Å². The van der Waals surface area contributed by atoms with Crippen molar-refractivity contribution in [1.82, 2.24) is 0 Å². The molecule has 0 saturated heterocycles. The van der Waals surface area contributed by atoms with Gasteiger partial charge < -0.3 is 4.55 Å². The van der Waals surface area contributed by atoms with Crippen LogP contribution in [0.5, 0.6) is 0 Å². The van der Waals surface area contributed by atoms with Gasteiger partial charge in [-0.1, -0.05) is 52.3 Å². The van der Waals surface area contributed by atoms with E-state index in [1.165, 1.54) is 4.90 Å². The summed E-state index contributed by atoms with van der Waals surface area (Å²) in [5, 5.41) is -2.82. The fraction of sp³-hybridized carbons (Fsp3) is 0.333. The van der Waals surface area contributed by atoms with Crippen LogP contribution >= 0.6 is 15.9 Å². The van der Waals surface area contributed by atoms with E-state index < -0.39 is 22.8 Å². The summed E-state index contributed by atoms with van der Waals surface area (Å²) < 4.78 is 47.7. The normalized spacial score (nSPS) is 14.2. The van der Waals surface area contributed by atoms with Crippen LogP contribution in [0, 0.1) is 0 Å². The maximum atomic E-state index is 13.3. The molecule has 0 fully saturated rings. The number of hydrogen-bond donors (Lipinski definition) is 0. The molecule has 2 aromatic rings. The van der Waals surface area contributed by atoms with Crippen LogP contribution in [0.2, 0.25) is 0 Å². The van der Waals surface area contributed by atoms with Crippen molar-refractivity contribution in [3.63, 3.8) is 0 Å². The molecule has 7 heteroatoms. The predicted octanol–water partition coefficient (Wildman–Crippen LogP) is 4.91. The Morgan fingerprint density at radius 2 is 1.72 bits per heavy atom. The molecule has 0 saturated carbocycles. The minimum atomic E-state index is -3.66. The van der Waals surface area contributed by atoms with Gasteiger partial charge in [0, 0.05) is 28.4 Å². The van der Waals surface area contributed by atoms with E-state index in [0.29, 0.717) is 6.42 Å². The van der Waals surface area contributed by atoms with E-state index in [9.17, 15) is 17.5 Å². The largest absolute Gasteiger partial charge is 0.768 e. The summed E-state index contributed by atoms with van der Waals surface area (Å²) in [6, 6.07) is 18.0. The SMILES string of the molecule is O=S([O-])C(F)(F)CCCc1ccccc1[S+](CCBr)c1ccccc1. The summed E-state index contributed by atoms with van der Waals surface area (Å²) in [5.74, 6) is 0.918. The van der Waals surface area contributed by atoms with Crippen molar-refractivity contribution in [2.75, 3.05) is 11.1 Å². The summed E-state index contributed by atoms with van der Waals surface area (Å²) >= 11 is 0.135. The van der Waals surface area contributed by atoms with Gasteiger partial charge in [0.2, 0.25) is 0 Å². The third kappa shape index (κ3) is 5.88. The van der Waals surface area contributed by atoms with Gasteiger partial charge in [-0.05, 0) is 31.0 Å². The highest BCUT2D eigenvalue weighted by molar-refractivity contribution is 9.09. The lowest BCUT2D eigenvalue weighted by Crippen LogP contribution is -2.22. The molecule has 2 rings (SSSR count). The van der Waals surface area contributed by atoms with Crippen molar-refractivity contribution >= 4 is 37.9 Å². The molecule has 0 N–H and O–H groups in total. The van der Waals surface area contributed by atoms with Crippen LogP contribution in [-0.4, -0.2) is 25.1 Å². The lowest BCUT2D eigenvalue weighted by Gasteiger charge is -2.18. The molecule has 0 heterocycles. The molecule has 136 valence electrons. The second-order valence-corrected chi connectivity index (χ2v) is 9.39. The van der Waals surface area contributed by atoms with Crippen LogP contribution in [0.4, 0.5) is 8.78 Å². The Kier molecular flexibility index (Phi) is 8.06. The standard InChI is InChI=1S/C18H19BrF2O2S2/c19-13-14-24(16-9-2-1-3-10-16)17-11-5-4-7-15(17)8-6-12-18(20,21)25(22)23/h1-5,7,9-11H,6,8,12-14H2. The lowest BCUT2D eigenvalue weighted by molar-refractivity contribution is 0.0770. The highest BCUT2D eigenvalue weighted by atomic mass is 79.9. The van der Waals surface area contributed by atoms with Gasteiger partial charge in [-0.3, -0.25) is 4.21 Å². The van der Waals surface area contributed by atoms with E-state index in [0.717, 1.165) is 21.5 Å². The van der Waals surface area contributed by atoms with E-state index in [1.54, 1.807) is 0 Å². The molecule has 0 aromatic heterocycles. The Bertz CT molecular complexity index is 698. The third-order valence-electron chi connectivity index (χ3n) is 3.70. The summed E-state index contributed by atoms with van der Waals surface area (Å²) in [4.78, 5) is 2.35. The highest BCUT2D eigenvalue weighted by Crippen LogP contribution is 2.30. The van der Waals surface area contributed by atoms with Crippen LogP contribution in [0.15, 0.2) is 64.4 Å². The van der Waals surface area contributed by atoms with E-state index >= 15 is 0 Å². The molecule has 0 aliphatic rings. The van der Waals surface area contributed by atoms with Crippen LogP contribution in [0.1, 0.15) is 18.4 Å².